The highest BCUT2D eigenvalue weighted by molar-refractivity contribution is 6.23. The highest BCUT2D eigenvalue weighted by Gasteiger charge is 2.31. The second-order valence-corrected chi connectivity index (χ2v) is 6.35. The van der Waals surface area contributed by atoms with Gasteiger partial charge in [0.2, 0.25) is 0 Å². The average Bonchev–Trinajstić information content (AvgIpc) is 2.58. The zero-order valence-corrected chi connectivity index (χ0v) is 15.2. The maximum atomic E-state index is 12.5. The fourth-order valence-corrected chi connectivity index (χ4v) is 2.86. The number of ether oxygens (including phenoxy) is 1. The number of benzene rings is 1. The Morgan fingerprint density at radius 2 is 1.96 bits per heavy atom. The van der Waals surface area contributed by atoms with Crippen molar-refractivity contribution in [3.8, 4) is 5.75 Å². The number of nitrogens with zero attached hydrogens (tertiary/aromatic N) is 1. The van der Waals surface area contributed by atoms with E-state index in [2.05, 4.69) is 5.16 Å². The molecule has 0 saturated heterocycles. The van der Waals surface area contributed by atoms with Crippen LogP contribution in [0.25, 0.3) is 0 Å². The molecular formula is C20H27NO4. The predicted octanol–water partition coefficient (Wildman–Crippen LogP) is 4.36. The smallest absolute Gasteiger partial charge is 0.168 e. The highest BCUT2D eigenvalue weighted by Crippen LogP contribution is 2.28. The Kier molecular flexibility index (Phi) is 7.04. The molecule has 0 spiro atoms. The molecule has 5 heteroatoms. The standard InChI is InChI=1S/C20H27NO4/c1-4-6-17(21-25-5-2)20-18(22)11-15(12-19(20)23)13-24-16-9-7-14(3)8-10-16/h7-10,15,22H,4-6,11-13H2,1-3H3. The van der Waals surface area contributed by atoms with Gasteiger partial charge in [0, 0.05) is 18.8 Å². The van der Waals surface area contributed by atoms with Crippen molar-refractivity contribution in [2.75, 3.05) is 13.2 Å². The van der Waals surface area contributed by atoms with E-state index in [1.54, 1.807) is 0 Å². The fraction of sp³-hybridized carbons (Fsp3) is 0.500. The van der Waals surface area contributed by atoms with Crippen LogP contribution in [0.1, 0.15) is 45.1 Å². The first-order valence-electron chi connectivity index (χ1n) is 8.89. The third-order valence-electron chi connectivity index (χ3n) is 4.11. The van der Waals surface area contributed by atoms with E-state index in [0.717, 1.165) is 12.2 Å². The van der Waals surface area contributed by atoms with Gasteiger partial charge in [0.25, 0.3) is 0 Å². The summed E-state index contributed by atoms with van der Waals surface area (Å²) in [6.07, 6.45) is 2.20. The maximum absolute atomic E-state index is 12.5. The van der Waals surface area contributed by atoms with Crippen LogP contribution in [0.5, 0.6) is 5.75 Å². The van der Waals surface area contributed by atoms with E-state index >= 15 is 0 Å². The minimum atomic E-state index is -0.0897. The Morgan fingerprint density at radius 1 is 1.24 bits per heavy atom. The summed E-state index contributed by atoms with van der Waals surface area (Å²) >= 11 is 0. The van der Waals surface area contributed by atoms with Crippen LogP contribution in [0.3, 0.4) is 0 Å². The molecule has 1 aliphatic rings. The van der Waals surface area contributed by atoms with Crippen LogP contribution in [-0.2, 0) is 9.63 Å². The first-order valence-corrected chi connectivity index (χ1v) is 8.89. The van der Waals surface area contributed by atoms with E-state index in [0.29, 0.717) is 43.8 Å². The van der Waals surface area contributed by atoms with Crippen molar-refractivity contribution in [2.45, 2.75) is 46.5 Å². The number of carbonyl (C=O) groups is 1. The molecule has 0 aliphatic heterocycles. The topological polar surface area (TPSA) is 68.1 Å². The molecule has 1 atom stereocenters. The molecule has 136 valence electrons. The lowest BCUT2D eigenvalue weighted by Crippen LogP contribution is -2.27. The average molecular weight is 345 g/mol. The Hall–Kier alpha value is -2.30. The molecule has 0 bridgehead atoms. The Labute approximate surface area is 149 Å². The van der Waals surface area contributed by atoms with Crippen molar-refractivity contribution in [3.05, 3.63) is 41.2 Å². The lowest BCUT2D eigenvalue weighted by Gasteiger charge is -2.24. The number of hydrogen-bond acceptors (Lipinski definition) is 5. The molecule has 25 heavy (non-hydrogen) atoms. The van der Waals surface area contributed by atoms with Gasteiger partial charge in [0.1, 0.15) is 18.1 Å². The second-order valence-electron chi connectivity index (χ2n) is 6.35. The molecule has 0 heterocycles. The lowest BCUT2D eigenvalue weighted by molar-refractivity contribution is -0.117. The largest absolute Gasteiger partial charge is 0.511 e. The number of hydrogen-bond donors (Lipinski definition) is 1. The van der Waals surface area contributed by atoms with Gasteiger partial charge in [-0.1, -0.05) is 36.2 Å². The van der Waals surface area contributed by atoms with Gasteiger partial charge in [0.05, 0.1) is 17.9 Å². The number of allylic oxidation sites excluding steroid dienone is 2. The summed E-state index contributed by atoms with van der Waals surface area (Å²) in [5.74, 6) is 0.748. The monoisotopic (exact) mass is 345 g/mol. The van der Waals surface area contributed by atoms with Crippen molar-refractivity contribution in [2.24, 2.45) is 11.1 Å². The predicted molar refractivity (Wildman–Crippen MR) is 98.0 cm³/mol. The molecule has 1 aromatic carbocycles. The first-order chi connectivity index (χ1) is 12.0. The van der Waals surface area contributed by atoms with Gasteiger partial charge in [-0.25, -0.2) is 0 Å². The van der Waals surface area contributed by atoms with Crippen LogP contribution in [0.15, 0.2) is 40.8 Å². The van der Waals surface area contributed by atoms with Crippen LogP contribution in [0, 0.1) is 12.8 Å². The Morgan fingerprint density at radius 3 is 2.56 bits per heavy atom. The van der Waals surface area contributed by atoms with Crippen molar-refractivity contribution >= 4 is 11.5 Å². The van der Waals surface area contributed by atoms with Gasteiger partial charge < -0.3 is 14.7 Å². The number of carbonyl (C=O) groups excluding carboxylic acids is 1. The molecule has 2 rings (SSSR count). The molecule has 1 N–H and O–H groups in total. The summed E-state index contributed by atoms with van der Waals surface area (Å²) in [7, 11) is 0. The van der Waals surface area contributed by atoms with Gasteiger partial charge in [-0.3, -0.25) is 4.79 Å². The number of ketones is 1. The molecule has 0 aromatic heterocycles. The minimum Gasteiger partial charge on any atom is -0.511 e. The van der Waals surface area contributed by atoms with E-state index in [1.807, 2.05) is 45.0 Å². The summed E-state index contributed by atoms with van der Waals surface area (Å²) < 4.78 is 5.76. The van der Waals surface area contributed by atoms with Crippen LogP contribution in [0.4, 0.5) is 0 Å². The molecule has 0 saturated carbocycles. The van der Waals surface area contributed by atoms with Gasteiger partial charge in [-0.2, -0.15) is 0 Å². The third kappa shape index (κ3) is 5.34. The van der Waals surface area contributed by atoms with E-state index in [9.17, 15) is 9.90 Å². The van der Waals surface area contributed by atoms with Crippen LogP contribution >= 0.6 is 0 Å². The van der Waals surface area contributed by atoms with Crippen LogP contribution < -0.4 is 4.74 Å². The zero-order valence-electron chi connectivity index (χ0n) is 15.2. The summed E-state index contributed by atoms with van der Waals surface area (Å²) in [6.45, 7) is 6.69. The molecule has 1 aromatic rings. The Bertz CT molecular complexity index is 646. The SMILES string of the molecule is CCCC(=NOCC)C1=C(O)CC(COc2ccc(C)cc2)CC1=O. The van der Waals surface area contributed by atoms with Gasteiger partial charge in [0.15, 0.2) is 5.78 Å². The minimum absolute atomic E-state index is 0.0347. The third-order valence-corrected chi connectivity index (χ3v) is 4.11. The molecule has 1 aliphatic carbocycles. The number of oxime groups is 1. The summed E-state index contributed by atoms with van der Waals surface area (Å²) in [5.41, 5.74) is 2.05. The molecule has 5 nitrogen and oxygen atoms in total. The van der Waals surface area contributed by atoms with Gasteiger partial charge in [-0.05, 0) is 32.4 Å². The lowest BCUT2D eigenvalue weighted by atomic mass is 9.84. The van der Waals surface area contributed by atoms with E-state index in [-0.39, 0.29) is 17.5 Å². The van der Waals surface area contributed by atoms with Crippen molar-refractivity contribution < 1.29 is 19.5 Å². The molecule has 0 amide bonds. The summed E-state index contributed by atoms with van der Waals surface area (Å²) in [6, 6.07) is 7.79. The summed E-state index contributed by atoms with van der Waals surface area (Å²) in [5, 5.41) is 14.4. The van der Waals surface area contributed by atoms with E-state index in [4.69, 9.17) is 9.57 Å². The van der Waals surface area contributed by atoms with Crippen molar-refractivity contribution in [3.63, 3.8) is 0 Å². The quantitative estimate of drug-likeness (QED) is 0.561. The fourth-order valence-electron chi connectivity index (χ4n) is 2.86. The van der Waals surface area contributed by atoms with E-state index < -0.39 is 0 Å². The van der Waals surface area contributed by atoms with E-state index in [1.165, 1.54) is 5.56 Å². The van der Waals surface area contributed by atoms with Gasteiger partial charge >= 0.3 is 0 Å². The number of Topliss-reactive ketones (excluding diaryl/α,β-unsaturated/α-hetero) is 1. The Balaban J connectivity index is 2.05. The number of aryl methyl sites for hydroxylation is 1. The van der Waals surface area contributed by atoms with Gasteiger partial charge in [-0.15, -0.1) is 0 Å². The number of aliphatic hydroxyl groups excluding tert-OH is 1. The van der Waals surface area contributed by atoms with Crippen molar-refractivity contribution in [1.29, 1.82) is 0 Å². The molecule has 1 unspecified atom stereocenters. The highest BCUT2D eigenvalue weighted by atomic mass is 16.6. The zero-order chi connectivity index (χ0) is 18.2. The van der Waals surface area contributed by atoms with Crippen LogP contribution in [-0.4, -0.2) is 29.8 Å². The normalized spacial score (nSPS) is 18.4. The number of aliphatic hydroxyl groups is 1. The van der Waals surface area contributed by atoms with Crippen molar-refractivity contribution in [1.82, 2.24) is 0 Å². The molecular weight excluding hydrogens is 318 g/mol. The summed E-state index contributed by atoms with van der Waals surface area (Å²) in [4.78, 5) is 17.6. The second kappa shape index (κ2) is 9.25. The maximum Gasteiger partial charge on any atom is 0.168 e. The van der Waals surface area contributed by atoms with Crippen LogP contribution in [0.2, 0.25) is 0 Å². The molecule has 0 fully saturated rings. The first kappa shape index (κ1) is 19.0. The number of rotatable bonds is 8. The molecule has 0 radical (unpaired) electrons.